The second-order valence-corrected chi connectivity index (χ2v) is 9.91. The Morgan fingerprint density at radius 3 is 1.70 bits per heavy atom. The zero-order valence-electron chi connectivity index (χ0n) is 26.5. The van der Waals surface area contributed by atoms with Gasteiger partial charge in [0.15, 0.2) is 0 Å². The number of carboxylic acid groups (broad SMARTS) is 1. The average molecular weight is 662 g/mol. The molecule has 47 heavy (non-hydrogen) atoms. The Morgan fingerprint density at radius 1 is 0.660 bits per heavy atom. The zero-order chi connectivity index (χ0) is 34.1. The molecule has 0 aliphatic rings. The monoisotopic (exact) mass is 661 g/mol. The molecule has 0 saturated carbocycles. The first kappa shape index (κ1) is 38.9. The van der Waals surface area contributed by atoms with E-state index in [9.17, 15) is 24.3 Å². The van der Waals surface area contributed by atoms with Gasteiger partial charge in [0.2, 0.25) is 0 Å². The van der Waals surface area contributed by atoms with Crippen molar-refractivity contribution >= 4 is 29.6 Å². The SMILES string of the molecule is NCCOCCNC(=O)c1cc(NC(=O)NCCOCCOCCN(Cc2ccccc2)C(=O)O)cc(C(=O)NCCOCCN)c1. The Hall–Kier alpha value is -4.32. The largest absolute Gasteiger partial charge is 0.465 e. The number of ether oxygens (including phenoxy) is 4. The molecule has 16 nitrogen and oxygen atoms in total. The Labute approximate surface area is 274 Å². The highest BCUT2D eigenvalue weighted by Gasteiger charge is 2.15. The first-order valence-corrected chi connectivity index (χ1v) is 15.3. The van der Waals surface area contributed by atoms with Crippen LogP contribution in [0, 0.1) is 0 Å². The maximum atomic E-state index is 12.8. The standard InChI is InChI=1S/C31H47N7O9/c32-6-12-44-14-8-34-28(39)25-20-26(29(40)35-9-15-45-13-7-33)22-27(21-25)37-30(41)36-10-16-46-18-19-47-17-11-38(31(42)43)23-24-4-2-1-3-5-24/h1-5,20-22H,6-19,23,32-33H2,(H,34,39)(H,35,40)(H,42,43)(H2,36,37,41). The van der Waals surface area contributed by atoms with Crippen molar-refractivity contribution in [3.8, 4) is 0 Å². The maximum absolute atomic E-state index is 12.8. The van der Waals surface area contributed by atoms with Crippen molar-refractivity contribution in [2.24, 2.45) is 11.5 Å². The lowest BCUT2D eigenvalue weighted by Crippen LogP contribution is -2.33. The molecule has 0 atom stereocenters. The average Bonchev–Trinajstić information content (AvgIpc) is 3.06. The molecule has 0 heterocycles. The van der Waals surface area contributed by atoms with Gasteiger partial charge in [-0.05, 0) is 23.8 Å². The molecule has 0 aliphatic heterocycles. The summed E-state index contributed by atoms with van der Waals surface area (Å²) in [6, 6.07) is 13.1. The minimum absolute atomic E-state index is 0.168. The summed E-state index contributed by atoms with van der Waals surface area (Å²) in [6.45, 7) is 4.04. The van der Waals surface area contributed by atoms with Crippen LogP contribution in [-0.2, 0) is 25.5 Å². The molecule has 260 valence electrons. The van der Waals surface area contributed by atoms with Gasteiger partial charge in [0.1, 0.15) is 0 Å². The summed E-state index contributed by atoms with van der Waals surface area (Å²) in [4.78, 5) is 50.8. The van der Waals surface area contributed by atoms with Gasteiger partial charge in [0.25, 0.3) is 11.8 Å². The van der Waals surface area contributed by atoms with Gasteiger partial charge in [0, 0.05) is 62.6 Å². The van der Waals surface area contributed by atoms with Crippen LogP contribution in [0.5, 0.6) is 0 Å². The van der Waals surface area contributed by atoms with E-state index in [0.29, 0.717) is 26.3 Å². The molecule has 2 aromatic rings. The molecule has 0 saturated heterocycles. The number of carbonyl (C=O) groups excluding carboxylic acids is 3. The summed E-state index contributed by atoms with van der Waals surface area (Å²) in [6.07, 6.45) is -1.03. The van der Waals surface area contributed by atoms with E-state index in [1.807, 2.05) is 30.3 Å². The van der Waals surface area contributed by atoms with Crippen LogP contribution in [-0.4, -0.2) is 126 Å². The molecular weight excluding hydrogens is 614 g/mol. The molecule has 9 N–H and O–H groups in total. The molecule has 2 rings (SSSR count). The lowest BCUT2D eigenvalue weighted by molar-refractivity contribution is 0.0395. The van der Waals surface area contributed by atoms with Crippen LogP contribution in [0.25, 0.3) is 0 Å². The summed E-state index contributed by atoms with van der Waals surface area (Å²) in [7, 11) is 0. The van der Waals surface area contributed by atoms with Crippen molar-refractivity contribution in [3.05, 3.63) is 65.2 Å². The number of benzene rings is 2. The highest BCUT2D eigenvalue weighted by Crippen LogP contribution is 2.16. The van der Waals surface area contributed by atoms with Crippen molar-refractivity contribution in [2.75, 3.05) is 97.4 Å². The molecule has 0 aromatic heterocycles. The van der Waals surface area contributed by atoms with Gasteiger partial charge in [-0.15, -0.1) is 0 Å². The molecule has 0 spiro atoms. The van der Waals surface area contributed by atoms with Crippen LogP contribution in [0.3, 0.4) is 0 Å². The van der Waals surface area contributed by atoms with Crippen LogP contribution >= 0.6 is 0 Å². The zero-order valence-corrected chi connectivity index (χ0v) is 26.5. The minimum Gasteiger partial charge on any atom is -0.465 e. The fourth-order valence-corrected chi connectivity index (χ4v) is 3.97. The number of hydrogen-bond donors (Lipinski definition) is 7. The second-order valence-electron chi connectivity index (χ2n) is 9.91. The Morgan fingerprint density at radius 2 is 1.17 bits per heavy atom. The maximum Gasteiger partial charge on any atom is 0.407 e. The summed E-state index contributed by atoms with van der Waals surface area (Å²) in [5.41, 5.74) is 12.2. The lowest BCUT2D eigenvalue weighted by atomic mass is 10.1. The summed E-state index contributed by atoms with van der Waals surface area (Å²) >= 11 is 0. The second kappa shape index (κ2) is 23.9. The number of nitrogens with zero attached hydrogens (tertiary/aromatic N) is 1. The van der Waals surface area contributed by atoms with E-state index in [4.69, 9.17) is 30.4 Å². The van der Waals surface area contributed by atoms with E-state index in [-0.39, 0.29) is 89.2 Å². The van der Waals surface area contributed by atoms with Crippen LogP contribution in [0.4, 0.5) is 15.3 Å². The molecule has 0 radical (unpaired) electrons. The fraction of sp³-hybridized carbons (Fsp3) is 0.484. The van der Waals surface area contributed by atoms with E-state index in [2.05, 4.69) is 21.3 Å². The Kier molecular flexibility index (Phi) is 19.8. The molecule has 0 unspecified atom stereocenters. The van der Waals surface area contributed by atoms with Gasteiger partial charge in [-0.1, -0.05) is 30.3 Å². The molecule has 0 fully saturated rings. The van der Waals surface area contributed by atoms with Crippen LogP contribution < -0.4 is 32.7 Å². The van der Waals surface area contributed by atoms with E-state index in [0.717, 1.165) is 5.56 Å². The predicted octanol–water partition coefficient (Wildman–Crippen LogP) is 0.432. The molecular formula is C31H47N7O9. The van der Waals surface area contributed by atoms with Crippen molar-refractivity contribution in [2.45, 2.75) is 6.54 Å². The highest BCUT2D eigenvalue weighted by molar-refractivity contribution is 6.02. The molecule has 16 heteroatoms. The fourth-order valence-electron chi connectivity index (χ4n) is 3.97. The first-order chi connectivity index (χ1) is 22.8. The normalized spacial score (nSPS) is 10.7. The van der Waals surface area contributed by atoms with Crippen molar-refractivity contribution < 1.29 is 43.2 Å². The van der Waals surface area contributed by atoms with Crippen molar-refractivity contribution in [1.29, 1.82) is 0 Å². The van der Waals surface area contributed by atoms with Gasteiger partial charge in [-0.25, -0.2) is 9.59 Å². The van der Waals surface area contributed by atoms with Gasteiger partial charge in [-0.3, -0.25) is 9.59 Å². The summed E-state index contributed by atoms with van der Waals surface area (Å²) in [5, 5.41) is 20.1. The Bertz CT molecular complexity index is 1180. The molecule has 5 amide bonds. The van der Waals surface area contributed by atoms with Crippen LogP contribution in [0.15, 0.2) is 48.5 Å². The van der Waals surface area contributed by atoms with Crippen LogP contribution in [0.2, 0.25) is 0 Å². The third kappa shape index (κ3) is 17.2. The number of carbonyl (C=O) groups is 4. The van der Waals surface area contributed by atoms with Crippen molar-refractivity contribution in [1.82, 2.24) is 20.9 Å². The van der Waals surface area contributed by atoms with E-state index < -0.39 is 23.9 Å². The van der Waals surface area contributed by atoms with E-state index in [1.54, 1.807) is 0 Å². The molecule has 0 bridgehead atoms. The van der Waals surface area contributed by atoms with Gasteiger partial charge in [0.05, 0.1) is 52.9 Å². The topological polar surface area (TPSA) is 229 Å². The highest BCUT2D eigenvalue weighted by atomic mass is 16.5. The predicted molar refractivity (Wildman–Crippen MR) is 174 cm³/mol. The van der Waals surface area contributed by atoms with Gasteiger partial charge >= 0.3 is 12.1 Å². The van der Waals surface area contributed by atoms with Gasteiger partial charge in [-0.2, -0.15) is 0 Å². The third-order valence-electron chi connectivity index (χ3n) is 6.20. The van der Waals surface area contributed by atoms with Crippen molar-refractivity contribution in [3.63, 3.8) is 0 Å². The number of nitrogens with two attached hydrogens (primary N) is 2. The number of urea groups is 1. The third-order valence-corrected chi connectivity index (χ3v) is 6.20. The lowest BCUT2D eigenvalue weighted by Gasteiger charge is -2.19. The molecule has 0 aliphatic carbocycles. The van der Waals surface area contributed by atoms with E-state index >= 15 is 0 Å². The number of amides is 5. The van der Waals surface area contributed by atoms with Gasteiger partial charge < -0.3 is 61.7 Å². The number of nitrogens with one attached hydrogen (secondary N) is 4. The number of hydrogen-bond acceptors (Lipinski definition) is 10. The van der Waals surface area contributed by atoms with E-state index in [1.165, 1.54) is 23.1 Å². The molecule has 2 aromatic carbocycles. The quantitative estimate of drug-likeness (QED) is 0.0763. The first-order valence-electron chi connectivity index (χ1n) is 15.3. The van der Waals surface area contributed by atoms with Crippen LogP contribution in [0.1, 0.15) is 26.3 Å². The number of anilines is 1. The smallest absolute Gasteiger partial charge is 0.407 e. The summed E-state index contributed by atoms with van der Waals surface area (Å²) in [5.74, 6) is -0.901. The summed E-state index contributed by atoms with van der Waals surface area (Å²) < 4.78 is 21.5. The Balaban J connectivity index is 1.77. The minimum atomic E-state index is -1.03. The number of rotatable bonds is 24.